The van der Waals surface area contributed by atoms with Gasteiger partial charge in [0.05, 0.1) is 6.10 Å². The SMILES string of the molecule is O=CNCC(O)C(c1cccc(Cl)c1)C1C=CC=C(Cl)C1. The van der Waals surface area contributed by atoms with Gasteiger partial charge in [0, 0.05) is 22.5 Å². The van der Waals surface area contributed by atoms with Crippen molar-refractivity contribution in [1.82, 2.24) is 5.32 Å². The van der Waals surface area contributed by atoms with Crippen LogP contribution in [0.2, 0.25) is 5.02 Å². The molecule has 0 bridgehead atoms. The highest BCUT2D eigenvalue weighted by Crippen LogP contribution is 2.37. The molecule has 1 aromatic carbocycles. The summed E-state index contributed by atoms with van der Waals surface area (Å²) in [6.07, 6.45) is 6.30. The second-order valence-electron chi connectivity index (χ2n) is 5.04. The average molecular weight is 326 g/mol. The highest BCUT2D eigenvalue weighted by molar-refractivity contribution is 6.30. The van der Waals surface area contributed by atoms with Gasteiger partial charge in [0.25, 0.3) is 0 Å². The Bertz CT molecular complexity index is 557. The highest BCUT2D eigenvalue weighted by atomic mass is 35.5. The van der Waals surface area contributed by atoms with Crippen LogP contribution in [0.3, 0.4) is 0 Å². The van der Waals surface area contributed by atoms with E-state index in [2.05, 4.69) is 5.32 Å². The van der Waals surface area contributed by atoms with Gasteiger partial charge in [-0.2, -0.15) is 0 Å². The molecule has 0 saturated heterocycles. The Labute approximate surface area is 134 Å². The fourth-order valence-corrected chi connectivity index (χ4v) is 3.12. The zero-order valence-electron chi connectivity index (χ0n) is 11.4. The molecule has 0 fully saturated rings. The molecule has 2 N–H and O–H groups in total. The molecule has 1 aromatic rings. The predicted molar refractivity (Wildman–Crippen MR) is 85.4 cm³/mol. The van der Waals surface area contributed by atoms with Crippen molar-refractivity contribution in [2.24, 2.45) is 5.92 Å². The average Bonchev–Trinajstić information content (AvgIpc) is 2.45. The zero-order valence-corrected chi connectivity index (χ0v) is 12.9. The van der Waals surface area contributed by atoms with Gasteiger partial charge in [-0.05, 0) is 36.1 Å². The number of benzene rings is 1. The molecule has 3 atom stereocenters. The lowest BCUT2D eigenvalue weighted by atomic mass is 9.78. The normalized spacial score (nSPS) is 20.5. The number of aliphatic hydroxyl groups excluding tert-OH is 1. The van der Waals surface area contributed by atoms with Crippen molar-refractivity contribution in [3.63, 3.8) is 0 Å². The van der Waals surface area contributed by atoms with Gasteiger partial charge < -0.3 is 10.4 Å². The summed E-state index contributed by atoms with van der Waals surface area (Å²) in [5, 5.41) is 14.4. The summed E-state index contributed by atoms with van der Waals surface area (Å²) >= 11 is 12.2. The van der Waals surface area contributed by atoms with Gasteiger partial charge in [-0.3, -0.25) is 4.79 Å². The molecule has 0 aromatic heterocycles. The summed E-state index contributed by atoms with van der Waals surface area (Å²) < 4.78 is 0. The minimum Gasteiger partial charge on any atom is -0.391 e. The molecule has 0 saturated carbocycles. The maximum Gasteiger partial charge on any atom is 0.207 e. The van der Waals surface area contributed by atoms with Gasteiger partial charge >= 0.3 is 0 Å². The van der Waals surface area contributed by atoms with Crippen LogP contribution in [0.1, 0.15) is 17.9 Å². The van der Waals surface area contributed by atoms with Crippen LogP contribution < -0.4 is 5.32 Å². The molecule has 3 unspecified atom stereocenters. The van der Waals surface area contributed by atoms with E-state index in [0.717, 1.165) is 10.6 Å². The second-order valence-corrected chi connectivity index (χ2v) is 5.96. The Balaban J connectivity index is 2.28. The summed E-state index contributed by atoms with van der Waals surface area (Å²) in [4.78, 5) is 10.5. The molecule has 0 heterocycles. The molecule has 1 aliphatic rings. The van der Waals surface area contributed by atoms with Gasteiger partial charge in [0.15, 0.2) is 0 Å². The Morgan fingerprint density at radius 1 is 1.43 bits per heavy atom. The standard InChI is InChI=1S/C16H17Cl2NO2/c17-13-5-1-3-11(7-13)16(15(21)9-19-10-20)12-4-2-6-14(18)8-12/h1-7,10,12,15-16,21H,8-9H2,(H,19,20). The van der Waals surface area contributed by atoms with E-state index >= 15 is 0 Å². The quantitative estimate of drug-likeness (QED) is 0.789. The minimum absolute atomic E-state index is 0.0596. The summed E-state index contributed by atoms with van der Waals surface area (Å²) in [6.45, 7) is 0.187. The van der Waals surface area contributed by atoms with Gasteiger partial charge in [-0.25, -0.2) is 0 Å². The third kappa shape index (κ3) is 4.34. The van der Waals surface area contributed by atoms with Crippen molar-refractivity contribution in [2.75, 3.05) is 6.54 Å². The molecule has 112 valence electrons. The van der Waals surface area contributed by atoms with Crippen molar-refractivity contribution >= 4 is 29.6 Å². The number of halogens is 2. The smallest absolute Gasteiger partial charge is 0.207 e. The fourth-order valence-electron chi connectivity index (χ4n) is 2.68. The Hall–Kier alpha value is -1.29. The Morgan fingerprint density at radius 2 is 2.24 bits per heavy atom. The van der Waals surface area contributed by atoms with E-state index in [1.165, 1.54) is 0 Å². The van der Waals surface area contributed by atoms with Crippen molar-refractivity contribution in [2.45, 2.75) is 18.4 Å². The first-order valence-corrected chi connectivity index (χ1v) is 7.51. The van der Waals surface area contributed by atoms with E-state index in [1.54, 1.807) is 6.07 Å². The molecule has 0 spiro atoms. The first-order valence-electron chi connectivity index (χ1n) is 6.75. The number of aliphatic hydroxyl groups is 1. The van der Waals surface area contributed by atoms with Crippen LogP contribution in [0.4, 0.5) is 0 Å². The summed E-state index contributed by atoms with van der Waals surface area (Å²) in [6, 6.07) is 7.42. The van der Waals surface area contributed by atoms with Gasteiger partial charge in [0.1, 0.15) is 0 Å². The lowest BCUT2D eigenvalue weighted by molar-refractivity contribution is -0.110. The maximum absolute atomic E-state index is 10.5. The Morgan fingerprint density at radius 3 is 2.90 bits per heavy atom. The molecular formula is C16H17Cl2NO2. The zero-order chi connectivity index (χ0) is 15.2. The van der Waals surface area contributed by atoms with Crippen LogP contribution in [0.25, 0.3) is 0 Å². The van der Waals surface area contributed by atoms with Crippen LogP contribution in [0.5, 0.6) is 0 Å². The van der Waals surface area contributed by atoms with Crippen molar-refractivity contribution in [3.05, 3.63) is 58.1 Å². The van der Waals surface area contributed by atoms with Crippen LogP contribution in [-0.2, 0) is 4.79 Å². The Kier molecular flexibility index (Phi) is 5.85. The molecule has 5 heteroatoms. The maximum atomic E-state index is 10.5. The van der Waals surface area contributed by atoms with E-state index in [0.29, 0.717) is 17.9 Å². The van der Waals surface area contributed by atoms with Crippen molar-refractivity contribution in [3.8, 4) is 0 Å². The van der Waals surface area contributed by atoms with Crippen LogP contribution in [0, 0.1) is 5.92 Å². The van der Waals surface area contributed by atoms with Crippen molar-refractivity contribution < 1.29 is 9.90 Å². The topological polar surface area (TPSA) is 49.3 Å². The van der Waals surface area contributed by atoms with Gasteiger partial charge in [0.2, 0.25) is 6.41 Å². The fraction of sp³-hybridized carbons (Fsp3) is 0.312. The molecule has 0 aliphatic heterocycles. The summed E-state index contributed by atoms with van der Waals surface area (Å²) in [7, 11) is 0. The molecule has 1 amide bonds. The van der Waals surface area contributed by atoms with E-state index in [1.807, 2.05) is 36.4 Å². The third-order valence-electron chi connectivity index (χ3n) is 3.59. The largest absolute Gasteiger partial charge is 0.391 e. The van der Waals surface area contributed by atoms with E-state index < -0.39 is 6.10 Å². The van der Waals surface area contributed by atoms with Gasteiger partial charge in [-0.1, -0.05) is 47.5 Å². The number of nitrogens with one attached hydrogen (secondary N) is 1. The van der Waals surface area contributed by atoms with E-state index in [-0.39, 0.29) is 18.4 Å². The van der Waals surface area contributed by atoms with Crippen LogP contribution >= 0.6 is 23.2 Å². The number of amides is 1. The first-order chi connectivity index (χ1) is 10.1. The third-order valence-corrected chi connectivity index (χ3v) is 4.10. The van der Waals surface area contributed by atoms with Crippen LogP contribution in [-0.4, -0.2) is 24.2 Å². The predicted octanol–water partition coefficient (Wildman–Crippen LogP) is 3.23. The molecule has 1 aliphatic carbocycles. The lowest BCUT2D eigenvalue weighted by Crippen LogP contribution is -2.34. The van der Waals surface area contributed by atoms with E-state index in [4.69, 9.17) is 23.2 Å². The second kappa shape index (κ2) is 7.64. The van der Waals surface area contributed by atoms with Crippen LogP contribution in [0.15, 0.2) is 47.5 Å². The first kappa shape index (κ1) is 16.1. The van der Waals surface area contributed by atoms with E-state index in [9.17, 15) is 9.90 Å². The molecule has 2 rings (SSSR count). The number of carbonyl (C=O) groups excluding carboxylic acids is 1. The summed E-state index contributed by atoms with van der Waals surface area (Å²) in [5.74, 6) is -0.126. The number of hydrogen-bond acceptors (Lipinski definition) is 2. The summed E-state index contributed by atoms with van der Waals surface area (Å²) in [5.41, 5.74) is 0.934. The van der Waals surface area contributed by atoms with Gasteiger partial charge in [-0.15, -0.1) is 0 Å². The van der Waals surface area contributed by atoms with Crippen molar-refractivity contribution in [1.29, 1.82) is 0 Å². The number of allylic oxidation sites excluding steroid dienone is 4. The monoisotopic (exact) mass is 325 g/mol. The molecular weight excluding hydrogens is 309 g/mol. The lowest BCUT2D eigenvalue weighted by Gasteiger charge is -2.30. The number of carbonyl (C=O) groups is 1. The highest BCUT2D eigenvalue weighted by Gasteiger charge is 2.29. The molecule has 3 nitrogen and oxygen atoms in total. The molecule has 21 heavy (non-hydrogen) atoms. The number of hydrogen-bond donors (Lipinski definition) is 2. The minimum atomic E-state index is -0.717. The number of rotatable bonds is 6. The molecule has 0 radical (unpaired) electrons.